The topological polar surface area (TPSA) is 69.3 Å². The number of rotatable bonds is 5. The highest BCUT2D eigenvalue weighted by Crippen LogP contribution is 2.30. The van der Waals surface area contributed by atoms with Gasteiger partial charge in [0.15, 0.2) is 0 Å². The van der Waals surface area contributed by atoms with Crippen molar-refractivity contribution in [3.63, 3.8) is 0 Å². The Morgan fingerprint density at radius 1 is 1.03 bits per heavy atom. The van der Waals surface area contributed by atoms with Gasteiger partial charge >= 0.3 is 0 Å². The molecular formula is C29H36N4O2S. The van der Waals surface area contributed by atoms with Crippen molar-refractivity contribution in [1.82, 2.24) is 19.8 Å². The zero-order valence-electron chi connectivity index (χ0n) is 21.5. The fourth-order valence-electron chi connectivity index (χ4n) is 5.59. The number of imidazole rings is 1. The van der Waals surface area contributed by atoms with Crippen LogP contribution in [0.5, 0.6) is 0 Å². The highest BCUT2D eigenvalue weighted by Gasteiger charge is 2.30. The third kappa shape index (κ3) is 5.04. The number of piperidine rings is 2. The van der Waals surface area contributed by atoms with Crippen LogP contribution >= 0.6 is 0 Å². The van der Waals surface area contributed by atoms with Crippen LogP contribution in [-0.2, 0) is 10.8 Å². The van der Waals surface area contributed by atoms with Crippen LogP contribution in [0.2, 0.25) is 0 Å². The standard InChI is InChI=1S/C29H36N4O2S/c1-20(2)36(35)25-9-7-22(8-10-25)21(3)23-11-15-32(16-12-23)24-13-17-33(18-14-24)29(34)26-5-4-6-27-28(26)31-19-30-27/h4-10,19-20,24H,11-18H2,1-3H3,(H,30,31). The number of aromatic nitrogens is 2. The molecule has 1 amide bonds. The fourth-order valence-corrected chi connectivity index (χ4v) is 6.54. The molecule has 5 rings (SSSR count). The number of fused-ring (bicyclic) bond motifs is 1. The van der Waals surface area contributed by atoms with Crippen molar-refractivity contribution in [3.05, 3.63) is 65.5 Å². The largest absolute Gasteiger partial charge is 0.345 e. The lowest BCUT2D eigenvalue weighted by Gasteiger charge is -2.41. The van der Waals surface area contributed by atoms with Crippen molar-refractivity contribution < 1.29 is 9.00 Å². The third-order valence-corrected chi connectivity index (χ3v) is 9.42. The molecule has 6 nitrogen and oxygen atoms in total. The molecule has 36 heavy (non-hydrogen) atoms. The van der Waals surface area contributed by atoms with Crippen LogP contribution in [0.25, 0.3) is 16.6 Å². The molecule has 190 valence electrons. The molecule has 3 aromatic rings. The Labute approximate surface area is 216 Å². The number of hydrogen-bond donors (Lipinski definition) is 1. The number of para-hydroxylation sites is 1. The van der Waals surface area contributed by atoms with Crippen molar-refractivity contribution in [2.75, 3.05) is 26.2 Å². The number of allylic oxidation sites excluding steroid dienone is 1. The Hall–Kier alpha value is -2.77. The predicted octanol–water partition coefficient (Wildman–Crippen LogP) is 5.25. The van der Waals surface area contributed by atoms with E-state index in [-0.39, 0.29) is 11.2 Å². The number of nitrogens with one attached hydrogen (secondary N) is 1. The number of aromatic amines is 1. The van der Waals surface area contributed by atoms with E-state index >= 15 is 0 Å². The van der Waals surface area contributed by atoms with Gasteiger partial charge in [0, 0.05) is 42.4 Å². The SMILES string of the molecule is CC(=C1CCN(C2CCN(C(=O)c3cccc4[nH]cnc34)CC2)CC1)c1ccc(S(=O)C(C)C)cc1. The summed E-state index contributed by atoms with van der Waals surface area (Å²) in [6.45, 7) is 9.96. The first-order valence-electron chi connectivity index (χ1n) is 13.1. The van der Waals surface area contributed by atoms with Crippen LogP contribution in [0.3, 0.4) is 0 Å². The average Bonchev–Trinajstić information content (AvgIpc) is 3.41. The van der Waals surface area contributed by atoms with Crippen molar-refractivity contribution in [2.24, 2.45) is 0 Å². The van der Waals surface area contributed by atoms with E-state index in [4.69, 9.17) is 0 Å². The normalized spacial score (nSPS) is 18.7. The monoisotopic (exact) mass is 504 g/mol. The molecule has 0 spiro atoms. The van der Waals surface area contributed by atoms with Crippen LogP contribution in [0.1, 0.15) is 62.4 Å². The third-order valence-electron chi connectivity index (χ3n) is 7.83. The van der Waals surface area contributed by atoms with E-state index in [0.29, 0.717) is 11.6 Å². The Kier molecular flexibility index (Phi) is 7.39. The number of benzene rings is 2. The number of nitrogens with zero attached hydrogens (tertiary/aromatic N) is 3. The van der Waals surface area contributed by atoms with E-state index in [0.717, 1.165) is 67.8 Å². The molecular weight excluding hydrogens is 468 g/mol. The number of amides is 1. The molecule has 1 atom stereocenters. The summed E-state index contributed by atoms with van der Waals surface area (Å²) in [7, 11) is -0.942. The average molecular weight is 505 g/mol. The molecule has 3 heterocycles. The molecule has 7 heteroatoms. The van der Waals surface area contributed by atoms with E-state index < -0.39 is 10.8 Å². The van der Waals surface area contributed by atoms with Gasteiger partial charge in [0.05, 0.1) is 28.2 Å². The highest BCUT2D eigenvalue weighted by atomic mass is 32.2. The minimum absolute atomic E-state index is 0.0916. The van der Waals surface area contributed by atoms with Crippen molar-refractivity contribution in [2.45, 2.75) is 62.6 Å². The van der Waals surface area contributed by atoms with Gasteiger partial charge in [-0.15, -0.1) is 0 Å². The first-order chi connectivity index (χ1) is 17.4. The van der Waals surface area contributed by atoms with Gasteiger partial charge < -0.3 is 9.88 Å². The van der Waals surface area contributed by atoms with Gasteiger partial charge in [-0.1, -0.05) is 37.6 Å². The molecule has 0 saturated carbocycles. The van der Waals surface area contributed by atoms with E-state index in [1.54, 1.807) is 6.33 Å². The van der Waals surface area contributed by atoms with Gasteiger partial charge in [-0.3, -0.25) is 13.9 Å². The molecule has 2 aliphatic rings. The van der Waals surface area contributed by atoms with E-state index in [1.807, 2.05) is 49.1 Å². The zero-order valence-corrected chi connectivity index (χ0v) is 22.3. The summed E-state index contributed by atoms with van der Waals surface area (Å²) in [6, 6.07) is 14.6. The summed E-state index contributed by atoms with van der Waals surface area (Å²) in [5.74, 6) is 0.0916. The zero-order chi connectivity index (χ0) is 25.2. The second kappa shape index (κ2) is 10.7. The summed E-state index contributed by atoms with van der Waals surface area (Å²) in [6.07, 6.45) is 5.87. The van der Waals surface area contributed by atoms with Crippen molar-refractivity contribution in [3.8, 4) is 0 Å². The maximum atomic E-state index is 13.2. The minimum Gasteiger partial charge on any atom is -0.345 e. The van der Waals surface area contributed by atoms with Crippen LogP contribution in [0.15, 0.2) is 59.3 Å². The molecule has 0 radical (unpaired) electrons. The van der Waals surface area contributed by atoms with E-state index in [9.17, 15) is 9.00 Å². The number of carbonyl (C=O) groups excluding carboxylic acids is 1. The second-order valence-electron chi connectivity index (χ2n) is 10.3. The van der Waals surface area contributed by atoms with E-state index in [1.165, 1.54) is 16.7 Å². The summed E-state index contributed by atoms with van der Waals surface area (Å²) < 4.78 is 12.4. The number of carbonyl (C=O) groups is 1. The summed E-state index contributed by atoms with van der Waals surface area (Å²) in [4.78, 5) is 26.2. The van der Waals surface area contributed by atoms with Gasteiger partial charge in [0.25, 0.3) is 5.91 Å². The van der Waals surface area contributed by atoms with Gasteiger partial charge in [-0.25, -0.2) is 4.98 Å². The van der Waals surface area contributed by atoms with Crippen LogP contribution in [-0.4, -0.2) is 67.4 Å². The van der Waals surface area contributed by atoms with Gasteiger partial charge in [0.1, 0.15) is 5.52 Å². The van der Waals surface area contributed by atoms with Crippen LogP contribution in [0.4, 0.5) is 0 Å². The van der Waals surface area contributed by atoms with Gasteiger partial charge in [-0.05, 0) is 68.0 Å². The molecule has 1 N–H and O–H groups in total. The predicted molar refractivity (Wildman–Crippen MR) is 146 cm³/mol. The van der Waals surface area contributed by atoms with Crippen LogP contribution < -0.4 is 0 Å². The van der Waals surface area contributed by atoms with Crippen LogP contribution in [0, 0.1) is 0 Å². The van der Waals surface area contributed by atoms with Gasteiger partial charge in [-0.2, -0.15) is 0 Å². The quantitative estimate of drug-likeness (QED) is 0.515. The van der Waals surface area contributed by atoms with Gasteiger partial charge in [0.2, 0.25) is 0 Å². The maximum absolute atomic E-state index is 13.2. The molecule has 1 unspecified atom stereocenters. The highest BCUT2D eigenvalue weighted by molar-refractivity contribution is 7.85. The maximum Gasteiger partial charge on any atom is 0.256 e. The van der Waals surface area contributed by atoms with Crippen molar-refractivity contribution in [1.29, 1.82) is 0 Å². The lowest BCUT2D eigenvalue weighted by Crippen LogP contribution is -2.48. The summed E-state index contributed by atoms with van der Waals surface area (Å²) in [5, 5.41) is 0.134. The molecule has 1 aromatic heterocycles. The Morgan fingerprint density at radius 2 is 1.72 bits per heavy atom. The molecule has 2 saturated heterocycles. The number of hydrogen-bond acceptors (Lipinski definition) is 4. The first kappa shape index (κ1) is 24.9. The molecule has 2 aliphatic heterocycles. The molecule has 0 aliphatic carbocycles. The molecule has 0 bridgehead atoms. The first-order valence-corrected chi connectivity index (χ1v) is 14.3. The Bertz CT molecular complexity index is 1280. The fraction of sp³-hybridized carbons (Fsp3) is 0.448. The molecule has 2 fully saturated rings. The smallest absolute Gasteiger partial charge is 0.256 e. The Morgan fingerprint density at radius 3 is 2.39 bits per heavy atom. The number of likely N-dealkylation sites (tertiary alicyclic amines) is 2. The van der Waals surface area contributed by atoms with Crippen molar-refractivity contribution >= 4 is 33.3 Å². The summed E-state index contributed by atoms with van der Waals surface area (Å²) in [5.41, 5.74) is 6.50. The second-order valence-corrected chi connectivity index (χ2v) is 12.3. The lowest BCUT2D eigenvalue weighted by molar-refractivity contribution is 0.0610. The van der Waals surface area contributed by atoms with E-state index in [2.05, 4.69) is 33.9 Å². The minimum atomic E-state index is -0.942. The molecule has 2 aromatic carbocycles. The Balaban J connectivity index is 1.16. The summed E-state index contributed by atoms with van der Waals surface area (Å²) >= 11 is 0. The number of H-pyrrole nitrogens is 1. The lowest BCUT2D eigenvalue weighted by atomic mass is 9.92.